The van der Waals surface area contributed by atoms with Crippen LogP contribution in [0.5, 0.6) is 0 Å². The van der Waals surface area contributed by atoms with E-state index in [4.69, 9.17) is 0 Å². The summed E-state index contributed by atoms with van der Waals surface area (Å²) in [5.41, 5.74) is 2.62. The molecule has 1 aliphatic carbocycles. The van der Waals surface area contributed by atoms with Crippen LogP contribution >= 0.6 is 11.3 Å². The Labute approximate surface area is 115 Å². The van der Waals surface area contributed by atoms with Crippen molar-refractivity contribution in [3.05, 3.63) is 33.5 Å². The Hall–Kier alpha value is -1.69. The zero-order valence-electron chi connectivity index (χ0n) is 10.8. The Bertz CT molecular complexity index is 585. The van der Waals surface area contributed by atoms with Gasteiger partial charge < -0.3 is 5.32 Å². The van der Waals surface area contributed by atoms with Gasteiger partial charge in [-0.3, -0.25) is 9.89 Å². The van der Waals surface area contributed by atoms with Gasteiger partial charge in [-0.15, -0.1) is 11.3 Å². The van der Waals surface area contributed by atoms with Crippen molar-refractivity contribution < 1.29 is 4.79 Å². The Morgan fingerprint density at radius 3 is 3.11 bits per heavy atom. The summed E-state index contributed by atoms with van der Waals surface area (Å²) in [6.07, 6.45) is 3.32. The predicted octanol–water partition coefficient (Wildman–Crippen LogP) is 2.24. The second kappa shape index (κ2) is 5.13. The molecule has 0 unspecified atom stereocenters. The Morgan fingerprint density at radius 2 is 2.42 bits per heavy atom. The molecule has 100 valence electrons. The molecule has 0 saturated heterocycles. The second-order valence-corrected chi connectivity index (χ2v) is 5.69. The molecule has 0 radical (unpaired) electrons. The minimum absolute atomic E-state index is 0.142. The van der Waals surface area contributed by atoms with E-state index in [1.807, 2.05) is 11.4 Å². The van der Waals surface area contributed by atoms with Gasteiger partial charge in [0, 0.05) is 17.0 Å². The third kappa shape index (κ3) is 2.84. The number of nitrogens with one attached hydrogen (secondary N) is 2. The van der Waals surface area contributed by atoms with Gasteiger partial charge in [0.1, 0.15) is 10.7 Å². The maximum Gasteiger partial charge on any atom is 0.272 e. The molecule has 19 heavy (non-hydrogen) atoms. The van der Waals surface area contributed by atoms with Crippen molar-refractivity contribution in [2.24, 2.45) is 0 Å². The summed E-state index contributed by atoms with van der Waals surface area (Å²) >= 11 is 1.58. The maximum atomic E-state index is 11.9. The minimum atomic E-state index is -0.142. The Kier molecular flexibility index (Phi) is 3.33. The molecular formula is C13H16N4OS. The van der Waals surface area contributed by atoms with Gasteiger partial charge in [-0.05, 0) is 25.3 Å². The summed E-state index contributed by atoms with van der Waals surface area (Å²) in [6.45, 7) is 2.54. The van der Waals surface area contributed by atoms with Crippen LogP contribution in [-0.4, -0.2) is 21.1 Å². The molecule has 1 amide bonds. The highest BCUT2D eigenvalue weighted by atomic mass is 32.1. The van der Waals surface area contributed by atoms with Crippen LogP contribution in [0.15, 0.2) is 11.4 Å². The minimum Gasteiger partial charge on any atom is -0.344 e. The van der Waals surface area contributed by atoms with Gasteiger partial charge in [0.05, 0.1) is 12.2 Å². The first-order valence-electron chi connectivity index (χ1n) is 6.53. The first-order valence-corrected chi connectivity index (χ1v) is 7.41. The molecule has 1 fully saturated rings. The van der Waals surface area contributed by atoms with Crippen LogP contribution < -0.4 is 5.32 Å². The van der Waals surface area contributed by atoms with E-state index in [1.165, 1.54) is 12.8 Å². The van der Waals surface area contributed by atoms with Gasteiger partial charge in [-0.25, -0.2) is 4.98 Å². The van der Waals surface area contributed by atoms with Crippen LogP contribution in [0.3, 0.4) is 0 Å². The number of H-pyrrole nitrogens is 1. The number of hydrogen-bond acceptors (Lipinski definition) is 4. The largest absolute Gasteiger partial charge is 0.344 e. The maximum absolute atomic E-state index is 11.9. The first-order chi connectivity index (χ1) is 9.26. The van der Waals surface area contributed by atoms with Crippen molar-refractivity contribution >= 4 is 17.2 Å². The molecule has 2 N–H and O–H groups in total. The molecule has 6 heteroatoms. The number of amides is 1. The van der Waals surface area contributed by atoms with Gasteiger partial charge in [-0.2, -0.15) is 5.10 Å². The van der Waals surface area contributed by atoms with Crippen molar-refractivity contribution in [2.75, 3.05) is 0 Å². The van der Waals surface area contributed by atoms with E-state index >= 15 is 0 Å². The SMILES string of the molecule is CCc1csc(CNC(=O)c2cc(C3CC3)[nH]n2)n1. The van der Waals surface area contributed by atoms with Crippen molar-refractivity contribution in [1.29, 1.82) is 0 Å². The smallest absolute Gasteiger partial charge is 0.272 e. The van der Waals surface area contributed by atoms with Crippen molar-refractivity contribution in [1.82, 2.24) is 20.5 Å². The fourth-order valence-corrected chi connectivity index (χ4v) is 2.71. The molecule has 2 aromatic rings. The molecule has 2 heterocycles. The number of carbonyl (C=O) groups excluding carboxylic acids is 1. The lowest BCUT2D eigenvalue weighted by Crippen LogP contribution is -2.23. The summed E-state index contributed by atoms with van der Waals surface area (Å²) in [5, 5.41) is 12.8. The van der Waals surface area contributed by atoms with E-state index in [0.717, 1.165) is 22.8 Å². The summed E-state index contributed by atoms with van der Waals surface area (Å²) in [7, 11) is 0. The summed E-state index contributed by atoms with van der Waals surface area (Å²) < 4.78 is 0. The van der Waals surface area contributed by atoms with E-state index in [2.05, 4.69) is 27.4 Å². The van der Waals surface area contributed by atoms with Crippen LogP contribution in [0.4, 0.5) is 0 Å². The van der Waals surface area contributed by atoms with Gasteiger partial charge in [0.2, 0.25) is 0 Å². The average molecular weight is 276 g/mol. The number of carbonyl (C=O) groups is 1. The van der Waals surface area contributed by atoms with Crippen molar-refractivity contribution in [2.45, 2.75) is 38.6 Å². The van der Waals surface area contributed by atoms with Crippen molar-refractivity contribution in [3.8, 4) is 0 Å². The number of aromatic nitrogens is 3. The molecule has 3 rings (SSSR count). The number of nitrogens with zero attached hydrogens (tertiary/aromatic N) is 2. The summed E-state index contributed by atoms with van der Waals surface area (Å²) in [5.74, 6) is 0.441. The Morgan fingerprint density at radius 1 is 1.58 bits per heavy atom. The Balaban J connectivity index is 1.57. The van der Waals surface area contributed by atoms with E-state index in [9.17, 15) is 4.79 Å². The number of thiazole rings is 1. The van der Waals surface area contributed by atoms with E-state index in [-0.39, 0.29) is 5.91 Å². The first kappa shape index (κ1) is 12.3. The number of aromatic amines is 1. The molecule has 0 atom stereocenters. The molecule has 5 nitrogen and oxygen atoms in total. The molecule has 0 aromatic carbocycles. The van der Waals surface area contributed by atoms with Gasteiger partial charge in [-0.1, -0.05) is 6.92 Å². The summed E-state index contributed by atoms with van der Waals surface area (Å²) in [6, 6.07) is 1.85. The lowest BCUT2D eigenvalue weighted by atomic mass is 10.2. The van der Waals surface area contributed by atoms with Crippen molar-refractivity contribution in [3.63, 3.8) is 0 Å². The molecular weight excluding hydrogens is 260 g/mol. The normalized spacial score (nSPS) is 14.6. The molecule has 2 aromatic heterocycles. The van der Waals surface area contributed by atoms with Crippen LogP contribution in [0, 0.1) is 0 Å². The monoisotopic (exact) mass is 276 g/mol. The molecule has 0 aliphatic heterocycles. The lowest BCUT2D eigenvalue weighted by molar-refractivity contribution is 0.0946. The lowest BCUT2D eigenvalue weighted by Gasteiger charge is -1.99. The van der Waals surface area contributed by atoms with Gasteiger partial charge in [0.15, 0.2) is 0 Å². The third-order valence-corrected chi connectivity index (χ3v) is 4.11. The van der Waals surface area contributed by atoms with Crippen LogP contribution in [0.2, 0.25) is 0 Å². The molecule has 0 spiro atoms. The fraction of sp³-hybridized carbons (Fsp3) is 0.462. The van der Waals surface area contributed by atoms with Crippen LogP contribution in [0.25, 0.3) is 0 Å². The average Bonchev–Trinajstić information content (AvgIpc) is 2.99. The summed E-state index contributed by atoms with van der Waals surface area (Å²) in [4.78, 5) is 16.3. The zero-order chi connectivity index (χ0) is 13.2. The highest BCUT2D eigenvalue weighted by molar-refractivity contribution is 7.09. The standard InChI is InChI=1S/C13H16N4OS/c1-2-9-7-19-12(15-9)6-14-13(18)11-5-10(16-17-11)8-3-4-8/h5,7-8H,2-4,6H2,1H3,(H,14,18)(H,16,17). The quantitative estimate of drug-likeness (QED) is 0.879. The number of aryl methyl sites for hydroxylation is 1. The predicted molar refractivity (Wildman–Crippen MR) is 73.2 cm³/mol. The van der Waals surface area contributed by atoms with E-state index in [0.29, 0.717) is 18.2 Å². The van der Waals surface area contributed by atoms with Gasteiger partial charge >= 0.3 is 0 Å². The highest BCUT2D eigenvalue weighted by Gasteiger charge is 2.26. The van der Waals surface area contributed by atoms with Gasteiger partial charge in [0.25, 0.3) is 5.91 Å². The second-order valence-electron chi connectivity index (χ2n) is 4.75. The number of hydrogen-bond donors (Lipinski definition) is 2. The topological polar surface area (TPSA) is 70.7 Å². The van der Waals surface area contributed by atoms with E-state index < -0.39 is 0 Å². The molecule has 1 saturated carbocycles. The highest BCUT2D eigenvalue weighted by Crippen LogP contribution is 2.38. The van der Waals surface area contributed by atoms with Crippen LogP contribution in [0.1, 0.15) is 52.6 Å². The third-order valence-electron chi connectivity index (χ3n) is 3.21. The molecule has 1 aliphatic rings. The zero-order valence-corrected chi connectivity index (χ0v) is 11.6. The number of rotatable bonds is 5. The fourth-order valence-electron chi connectivity index (χ4n) is 1.90. The molecule has 0 bridgehead atoms. The van der Waals surface area contributed by atoms with Crippen LogP contribution in [-0.2, 0) is 13.0 Å². The van der Waals surface area contributed by atoms with E-state index in [1.54, 1.807) is 11.3 Å².